The molecule has 1 unspecified atom stereocenters. The summed E-state index contributed by atoms with van der Waals surface area (Å²) in [6, 6.07) is 9.75. The van der Waals surface area contributed by atoms with Crippen LogP contribution in [-0.4, -0.2) is 5.91 Å². The predicted molar refractivity (Wildman–Crippen MR) is 86.2 cm³/mol. The van der Waals surface area contributed by atoms with Gasteiger partial charge in [0.15, 0.2) is 0 Å². The van der Waals surface area contributed by atoms with Crippen LogP contribution in [0.1, 0.15) is 34.5 Å². The molecule has 0 saturated heterocycles. The Kier molecular flexibility index (Phi) is 5.01. The van der Waals surface area contributed by atoms with Crippen LogP contribution in [0.25, 0.3) is 0 Å². The number of amides is 1. The van der Waals surface area contributed by atoms with E-state index in [0.717, 1.165) is 0 Å². The molecule has 0 aliphatic rings. The molecule has 0 aromatic heterocycles. The smallest absolute Gasteiger partial charge is 0.253 e. The second-order valence-corrected chi connectivity index (χ2v) is 6.04. The van der Waals surface area contributed by atoms with Gasteiger partial charge in [0.2, 0.25) is 0 Å². The van der Waals surface area contributed by atoms with Gasteiger partial charge in [-0.2, -0.15) is 0 Å². The molecule has 1 atom stereocenters. The molecule has 21 heavy (non-hydrogen) atoms. The van der Waals surface area contributed by atoms with Crippen LogP contribution in [0.4, 0.5) is 4.39 Å². The molecule has 2 aromatic carbocycles. The molecule has 0 radical (unpaired) electrons. The van der Waals surface area contributed by atoms with Gasteiger partial charge in [-0.25, -0.2) is 4.39 Å². The SMILES string of the molecule is Cc1ccc(C(C)NC(=O)c2cccc(Br)c2Cl)cc1F. The van der Waals surface area contributed by atoms with E-state index in [9.17, 15) is 9.18 Å². The normalized spacial score (nSPS) is 12.0. The molecule has 0 aliphatic heterocycles. The quantitative estimate of drug-likeness (QED) is 0.805. The second kappa shape index (κ2) is 6.58. The van der Waals surface area contributed by atoms with Crippen molar-refractivity contribution >= 4 is 33.4 Å². The number of hydrogen-bond acceptors (Lipinski definition) is 1. The number of halogens is 3. The Bertz CT molecular complexity index is 690. The molecule has 2 rings (SSSR count). The highest BCUT2D eigenvalue weighted by atomic mass is 79.9. The largest absolute Gasteiger partial charge is 0.345 e. The second-order valence-electron chi connectivity index (χ2n) is 4.81. The zero-order valence-electron chi connectivity index (χ0n) is 11.6. The van der Waals surface area contributed by atoms with Crippen LogP contribution < -0.4 is 5.32 Å². The number of hydrogen-bond donors (Lipinski definition) is 1. The fraction of sp³-hybridized carbons (Fsp3) is 0.188. The van der Waals surface area contributed by atoms with Crippen LogP contribution in [-0.2, 0) is 0 Å². The van der Waals surface area contributed by atoms with Crippen LogP contribution in [0.5, 0.6) is 0 Å². The number of benzene rings is 2. The molecule has 0 spiro atoms. The molecule has 0 aliphatic carbocycles. The number of carbonyl (C=O) groups excluding carboxylic acids is 1. The van der Waals surface area contributed by atoms with E-state index < -0.39 is 0 Å². The zero-order valence-corrected chi connectivity index (χ0v) is 13.9. The maximum atomic E-state index is 13.6. The zero-order chi connectivity index (χ0) is 15.6. The minimum absolute atomic E-state index is 0.283. The minimum Gasteiger partial charge on any atom is -0.345 e. The van der Waals surface area contributed by atoms with Gasteiger partial charge in [-0.05, 0) is 59.1 Å². The maximum absolute atomic E-state index is 13.6. The van der Waals surface area contributed by atoms with Gasteiger partial charge < -0.3 is 5.32 Å². The first kappa shape index (κ1) is 16.0. The van der Waals surface area contributed by atoms with Crippen LogP contribution in [0.15, 0.2) is 40.9 Å². The molecule has 2 aromatic rings. The van der Waals surface area contributed by atoms with E-state index in [1.165, 1.54) is 6.07 Å². The molecule has 1 amide bonds. The van der Waals surface area contributed by atoms with Crippen molar-refractivity contribution in [2.75, 3.05) is 0 Å². The van der Waals surface area contributed by atoms with Gasteiger partial charge in [-0.3, -0.25) is 4.79 Å². The third-order valence-corrected chi connectivity index (χ3v) is 4.54. The summed E-state index contributed by atoms with van der Waals surface area (Å²) in [6.07, 6.45) is 0. The van der Waals surface area contributed by atoms with Gasteiger partial charge in [-0.15, -0.1) is 0 Å². The highest BCUT2D eigenvalue weighted by molar-refractivity contribution is 9.10. The van der Waals surface area contributed by atoms with Crippen LogP contribution >= 0.6 is 27.5 Å². The van der Waals surface area contributed by atoms with Crippen LogP contribution in [0.2, 0.25) is 5.02 Å². The lowest BCUT2D eigenvalue weighted by Gasteiger charge is -2.16. The Morgan fingerprint density at radius 1 is 1.33 bits per heavy atom. The summed E-state index contributed by atoms with van der Waals surface area (Å²) < 4.78 is 14.2. The molecule has 0 fully saturated rings. The average molecular weight is 371 g/mol. The lowest BCUT2D eigenvalue weighted by atomic mass is 10.1. The Labute approximate surface area is 136 Å². The summed E-state index contributed by atoms with van der Waals surface area (Å²) >= 11 is 9.38. The monoisotopic (exact) mass is 369 g/mol. The lowest BCUT2D eigenvalue weighted by Crippen LogP contribution is -2.27. The summed E-state index contributed by atoms with van der Waals surface area (Å²) in [7, 11) is 0. The number of aryl methyl sites for hydroxylation is 1. The Morgan fingerprint density at radius 2 is 2.05 bits per heavy atom. The summed E-state index contributed by atoms with van der Waals surface area (Å²) in [5.41, 5.74) is 1.66. The number of carbonyl (C=O) groups is 1. The minimum atomic E-state index is -0.317. The fourth-order valence-electron chi connectivity index (χ4n) is 1.92. The molecular weight excluding hydrogens is 357 g/mol. The Hall–Kier alpha value is -1.39. The molecule has 5 heteroatoms. The van der Waals surface area contributed by atoms with Gasteiger partial charge in [0.05, 0.1) is 16.6 Å². The van der Waals surface area contributed by atoms with Gasteiger partial charge >= 0.3 is 0 Å². The number of nitrogens with one attached hydrogen (secondary N) is 1. The van der Waals surface area contributed by atoms with E-state index in [1.54, 1.807) is 44.2 Å². The van der Waals surface area contributed by atoms with Crippen molar-refractivity contribution in [2.45, 2.75) is 19.9 Å². The Balaban J connectivity index is 2.18. The van der Waals surface area contributed by atoms with Gasteiger partial charge in [0, 0.05) is 4.47 Å². The Morgan fingerprint density at radius 3 is 2.71 bits per heavy atom. The van der Waals surface area contributed by atoms with E-state index in [0.29, 0.717) is 26.2 Å². The fourth-order valence-corrected chi connectivity index (χ4v) is 2.49. The molecule has 2 nitrogen and oxygen atoms in total. The number of rotatable bonds is 3. The van der Waals surface area contributed by atoms with E-state index in [2.05, 4.69) is 21.2 Å². The standard InChI is InChI=1S/C16H14BrClFNO/c1-9-6-7-11(8-14(9)19)10(2)20-16(21)12-4-3-5-13(17)15(12)18/h3-8,10H,1-2H3,(H,20,21). The van der Waals surface area contributed by atoms with Gasteiger partial charge in [-0.1, -0.05) is 29.8 Å². The van der Waals surface area contributed by atoms with Crippen molar-refractivity contribution in [1.82, 2.24) is 5.32 Å². The van der Waals surface area contributed by atoms with Crippen LogP contribution in [0.3, 0.4) is 0 Å². The summed E-state index contributed by atoms with van der Waals surface area (Å²) in [4.78, 5) is 12.2. The van der Waals surface area contributed by atoms with E-state index in [1.807, 2.05) is 0 Å². The van der Waals surface area contributed by atoms with E-state index in [4.69, 9.17) is 11.6 Å². The van der Waals surface area contributed by atoms with Gasteiger partial charge in [0.25, 0.3) is 5.91 Å². The van der Waals surface area contributed by atoms with E-state index >= 15 is 0 Å². The average Bonchev–Trinajstić information content (AvgIpc) is 2.44. The summed E-state index contributed by atoms with van der Waals surface area (Å²) in [5, 5.41) is 3.17. The molecule has 0 saturated carbocycles. The first-order valence-corrected chi connectivity index (χ1v) is 7.58. The van der Waals surface area contributed by atoms with Crippen molar-refractivity contribution in [1.29, 1.82) is 0 Å². The first-order chi connectivity index (χ1) is 9.90. The maximum Gasteiger partial charge on any atom is 0.253 e. The molecule has 1 N–H and O–H groups in total. The van der Waals surface area contributed by atoms with Crippen LogP contribution in [0, 0.1) is 12.7 Å². The summed E-state index contributed by atoms with van der Waals surface area (Å²) in [6.45, 7) is 3.50. The summed E-state index contributed by atoms with van der Waals surface area (Å²) in [5.74, 6) is -0.580. The predicted octanol–water partition coefficient (Wildman–Crippen LogP) is 5.04. The van der Waals surface area contributed by atoms with Crippen molar-refractivity contribution < 1.29 is 9.18 Å². The highest BCUT2D eigenvalue weighted by Crippen LogP contribution is 2.26. The third kappa shape index (κ3) is 3.63. The topological polar surface area (TPSA) is 29.1 Å². The first-order valence-electron chi connectivity index (χ1n) is 6.41. The van der Waals surface area contributed by atoms with Crippen molar-refractivity contribution in [2.24, 2.45) is 0 Å². The van der Waals surface area contributed by atoms with Gasteiger partial charge in [0.1, 0.15) is 5.82 Å². The molecule has 110 valence electrons. The molecular formula is C16H14BrClFNO. The molecule has 0 heterocycles. The highest BCUT2D eigenvalue weighted by Gasteiger charge is 2.16. The molecule has 0 bridgehead atoms. The third-order valence-electron chi connectivity index (χ3n) is 3.24. The van der Waals surface area contributed by atoms with Crippen molar-refractivity contribution in [3.05, 3.63) is 68.4 Å². The lowest BCUT2D eigenvalue weighted by molar-refractivity contribution is 0.0940. The van der Waals surface area contributed by atoms with E-state index in [-0.39, 0.29) is 17.8 Å². The van der Waals surface area contributed by atoms with Crippen molar-refractivity contribution in [3.63, 3.8) is 0 Å². The van der Waals surface area contributed by atoms with Crippen molar-refractivity contribution in [3.8, 4) is 0 Å².